The summed E-state index contributed by atoms with van der Waals surface area (Å²) in [5.74, 6) is 0.229. The molecule has 0 aliphatic rings. The maximum absolute atomic E-state index is 13.8. The Morgan fingerprint density at radius 2 is 1.73 bits per heavy atom. The minimum absolute atomic E-state index is 0.0561. The Kier molecular flexibility index (Phi) is 5.03. The van der Waals surface area contributed by atoms with Crippen LogP contribution >= 0.6 is 0 Å². The lowest BCUT2D eigenvalue weighted by Gasteiger charge is -2.23. The lowest BCUT2D eigenvalue weighted by molar-refractivity contribution is 0.340. The van der Waals surface area contributed by atoms with Crippen molar-refractivity contribution in [2.75, 3.05) is 17.2 Å². The third kappa shape index (κ3) is 3.98. The first-order chi connectivity index (χ1) is 10.4. The molecule has 0 fully saturated rings. The van der Waals surface area contributed by atoms with Crippen molar-refractivity contribution >= 4 is 15.7 Å². The van der Waals surface area contributed by atoms with Crippen molar-refractivity contribution in [1.29, 1.82) is 0 Å². The van der Waals surface area contributed by atoms with Gasteiger partial charge in [0, 0.05) is 5.56 Å². The molecular weight excluding hydrogens is 305 g/mol. The van der Waals surface area contributed by atoms with Crippen LogP contribution in [0.25, 0.3) is 0 Å². The smallest absolute Gasteiger partial charge is 0.232 e. The molecule has 0 atom stereocenters. The third-order valence-corrected chi connectivity index (χ3v) is 4.25. The van der Waals surface area contributed by atoms with Crippen LogP contribution < -0.4 is 9.04 Å². The molecule has 0 unspecified atom stereocenters. The van der Waals surface area contributed by atoms with Crippen molar-refractivity contribution in [1.82, 2.24) is 0 Å². The maximum Gasteiger partial charge on any atom is 0.232 e. The second-order valence-electron chi connectivity index (χ2n) is 4.79. The summed E-state index contributed by atoms with van der Waals surface area (Å²) in [6.07, 6.45) is 1.10. The Hall–Kier alpha value is -2.08. The minimum Gasteiger partial charge on any atom is -0.494 e. The van der Waals surface area contributed by atoms with Crippen molar-refractivity contribution in [2.24, 2.45) is 0 Å². The SMILES string of the molecule is CCOc1ccc(N(Cc2ccccc2F)S(C)(=O)=O)cc1. The zero-order chi connectivity index (χ0) is 16.2. The van der Waals surface area contributed by atoms with E-state index >= 15 is 0 Å². The highest BCUT2D eigenvalue weighted by Crippen LogP contribution is 2.24. The molecule has 0 amide bonds. The Balaban J connectivity index is 2.33. The van der Waals surface area contributed by atoms with Gasteiger partial charge in [-0.15, -0.1) is 0 Å². The van der Waals surface area contributed by atoms with Gasteiger partial charge in [-0.1, -0.05) is 18.2 Å². The Morgan fingerprint density at radius 1 is 1.09 bits per heavy atom. The molecule has 0 saturated carbocycles. The van der Waals surface area contributed by atoms with Crippen LogP contribution in [-0.4, -0.2) is 21.3 Å². The van der Waals surface area contributed by atoms with Gasteiger partial charge >= 0.3 is 0 Å². The molecule has 0 radical (unpaired) electrons. The third-order valence-electron chi connectivity index (χ3n) is 3.11. The number of ether oxygens (including phenoxy) is 1. The second-order valence-corrected chi connectivity index (χ2v) is 6.69. The molecule has 118 valence electrons. The van der Waals surface area contributed by atoms with E-state index in [1.807, 2.05) is 6.92 Å². The van der Waals surface area contributed by atoms with E-state index in [1.54, 1.807) is 42.5 Å². The molecule has 0 N–H and O–H groups in total. The van der Waals surface area contributed by atoms with Gasteiger partial charge < -0.3 is 4.74 Å². The normalized spacial score (nSPS) is 11.2. The van der Waals surface area contributed by atoms with Crippen LogP contribution in [0, 0.1) is 5.82 Å². The first-order valence-corrected chi connectivity index (χ1v) is 8.70. The molecule has 0 heterocycles. The van der Waals surface area contributed by atoms with E-state index in [0.717, 1.165) is 6.26 Å². The summed E-state index contributed by atoms with van der Waals surface area (Å²) in [6, 6.07) is 12.8. The molecule has 0 aliphatic heterocycles. The molecule has 0 spiro atoms. The number of hydrogen-bond donors (Lipinski definition) is 0. The minimum atomic E-state index is -3.53. The van der Waals surface area contributed by atoms with E-state index in [9.17, 15) is 12.8 Å². The molecule has 22 heavy (non-hydrogen) atoms. The van der Waals surface area contributed by atoms with Gasteiger partial charge in [0.1, 0.15) is 11.6 Å². The Morgan fingerprint density at radius 3 is 2.27 bits per heavy atom. The highest BCUT2D eigenvalue weighted by atomic mass is 32.2. The highest BCUT2D eigenvalue weighted by molar-refractivity contribution is 7.92. The average molecular weight is 323 g/mol. The molecule has 6 heteroatoms. The van der Waals surface area contributed by atoms with E-state index in [-0.39, 0.29) is 6.54 Å². The number of anilines is 1. The van der Waals surface area contributed by atoms with Gasteiger partial charge in [-0.05, 0) is 37.3 Å². The van der Waals surface area contributed by atoms with Crippen LogP contribution in [0.5, 0.6) is 5.75 Å². The van der Waals surface area contributed by atoms with Crippen LogP contribution in [0.3, 0.4) is 0 Å². The van der Waals surface area contributed by atoms with Gasteiger partial charge in [0.25, 0.3) is 0 Å². The van der Waals surface area contributed by atoms with E-state index in [4.69, 9.17) is 4.74 Å². The van der Waals surface area contributed by atoms with Gasteiger partial charge in [-0.3, -0.25) is 4.31 Å². The van der Waals surface area contributed by atoms with Crippen molar-refractivity contribution in [3.63, 3.8) is 0 Å². The summed E-state index contributed by atoms with van der Waals surface area (Å²) >= 11 is 0. The average Bonchev–Trinajstić information content (AvgIpc) is 2.47. The Bertz CT molecular complexity index is 729. The van der Waals surface area contributed by atoms with E-state index in [2.05, 4.69) is 0 Å². The van der Waals surface area contributed by atoms with Crippen molar-refractivity contribution in [3.05, 3.63) is 59.9 Å². The van der Waals surface area contributed by atoms with E-state index in [1.165, 1.54) is 10.4 Å². The molecule has 2 rings (SSSR count). The molecule has 0 aliphatic carbocycles. The first-order valence-electron chi connectivity index (χ1n) is 6.86. The summed E-state index contributed by atoms with van der Waals surface area (Å²) in [7, 11) is -3.53. The summed E-state index contributed by atoms with van der Waals surface area (Å²) in [5.41, 5.74) is 0.788. The topological polar surface area (TPSA) is 46.6 Å². The number of rotatable bonds is 6. The molecule has 0 bridgehead atoms. The standard InChI is InChI=1S/C16H18FNO3S/c1-3-21-15-10-8-14(9-11-15)18(22(2,19)20)12-13-6-4-5-7-16(13)17/h4-11H,3,12H2,1-2H3. The largest absolute Gasteiger partial charge is 0.494 e. The van der Waals surface area contributed by atoms with Crippen LogP contribution in [0.15, 0.2) is 48.5 Å². The monoisotopic (exact) mass is 323 g/mol. The molecular formula is C16H18FNO3S. The summed E-state index contributed by atoms with van der Waals surface area (Å²) in [4.78, 5) is 0. The predicted molar refractivity (Wildman–Crippen MR) is 85.0 cm³/mol. The van der Waals surface area contributed by atoms with Crippen LogP contribution in [0.4, 0.5) is 10.1 Å². The number of sulfonamides is 1. The van der Waals surface area contributed by atoms with Crippen molar-refractivity contribution in [2.45, 2.75) is 13.5 Å². The van der Waals surface area contributed by atoms with Gasteiger partial charge in [-0.25, -0.2) is 12.8 Å². The quantitative estimate of drug-likeness (QED) is 0.820. The fraction of sp³-hybridized carbons (Fsp3) is 0.250. The van der Waals surface area contributed by atoms with Gasteiger partial charge in [0.15, 0.2) is 0 Å². The fourth-order valence-electron chi connectivity index (χ4n) is 2.06. The summed E-state index contributed by atoms with van der Waals surface area (Å²) in [6.45, 7) is 2.35. The maximum atomic E-state index is 13.8. The molecule has 2 aromatic rings. The second kappa shape index (κ2) is 6.79. The van der Waals surface area contributed by atoms with Crippen molar-refractivity contribution < 1.29 is 17.5 Å². The Labute approximate surface area is 130 Å². The van der Waals surface area contributed by atoms with E-state index in [0.29, 0.717) is 23.6 Å². The first kappa shape index (κ1) is 16.3. The highest BCUT2D eigenvalue weighted by Gasteiger charge is 2.19. The fourth-order valence-corrected chi connectivity index (χ4v) is 2.93. The van der Waals surface area contributed by atoms with E-state index < -0.39 is 15.8 Å². The van der Waals surface area contributed by atoms with Gasteiger partial charge in [0.05, 0.1) is 25.1 Å². The van der Waals surface area contributed by atoms with Crippen LogP contribution in [0.1, 0.15) is 12.5 Å². The molecule has 0 saturated heterocycles. The molecule has 2 aromatic carbocycles. The molecule has 0 aromatic heterocycles. The van der Waals surface area contributed by atoms with Gasteiger partial charge in [0.2, 0.25) is 10.0 Å². The van der Waals surface area contributed by atoms with Crippen LogP contribution in [0.2, 0.25) is 0 Å². The summed E-state index contributed by atoms with van der Waals surface area (Å²) < 4.78 is 44.3. The lowest BCUT2D eigenvalue weighted by Crippen LogP contribution is -2.29. The zero-order valence-electron chi connectivity index (χ0n) is 12.5. The number of halogens is 1. The molecule has 4 nitrogen and oxygen atoms in total. The lowest BCUT2D eigenvalue weighted by atomic mass is 10.2. The number of nitrogens with zero attached hydrogens (tertiary/aromatic N) is 1. The van der Waals surface area contributed by atoms with Crippen LogP contribution in [-0.2, 0) is 16.6 Å². The summed E-state index contributed by atoms with van der Waals surface area (Å²) in [5, 5.41) is 0. The number of hydrogen-bond acceptors (Lipinski definition) is 3. The van der Waals surface area contributed by atoms with Crippen molar-refractivity contribution in [3.8, 4) is 5.75 Å². The predicted octanol–water partition coefficient (Wildman–Crippen LogP) is 3.19. The zero-order valence-corrected chi connectivity index (χ0v) is 13.3. The number of benzene rings is 2. The van der Waals surface area contributed by atoms with Gasteiger partial charge in [-0.2, -0.15) is 0 Å².